The molecule has 1 aromatic rings. The molecule has 2 unspecified atom stereocenters. The minimum absolute atomic E-state index is 0.0207. The van der Waals surface area contributed by atoms with Gasteiger partial charge in [0.2, 0.25) is 5.91 Å². The maximum Gasteiger partial charge on any atom is 0.223 e. The van der Waals surface area contributed by atoms with Crippen molar-refractivity contribution in [1.29, 1.82) is 0 Å². The molecule has 0 spiro atoms. The molecule has 4 heteroatoms. The van der Waals surface area contributed by atoms with Crippen LogP contribution in [0.25, 0.3) is 0 Å². The van der Waals surface area contributed by atoms with E-state index in [1.54, 1.807) is 0 Å². The van der Waals surface area contributed by atoms with E-state index in [0.29, 0.717) is 18.9 Å². The summed E-state index contributed by atoms with van der Waals surface area (Å²) in [4.78, 5) is 12.2. The van der Waals surface area contributed by atoms with E-state index in [2.05, 4.69) is 45.1 Å². The zero-order chi connectivity index (χ0) is 17.0. The fourth-order valence-electron chi connectivity index (χ4n) is 3.02. The molecule has 2 N–H and O–H groups in total. The highest BCUT2D eigenvalue weighted by molar-refractivity contribution is 5.77. The molecule has 4 nitrogen and oxygen atoms in total. The van der Waals surface area contributed by atoms with Crippen molar-refractivity contribution in [2.45, 2.75) is 58.6 Å². The standard InChI is InChI=1S/C19H29NO3/c1-13(2)14-5-7-15(8-6-14)17(11-21)20-18(22)9-16-10-19(3,4)12-23-16/h5-8,13,16-17,21H,9-12H2,1-4H3,(H,20,22). The fraction of sp³-hybridized carbons (Fsp3) is 0.632. The highest BCUT2D eigenvalue weighted by atomic mass is 16.5. The molecule has 1 heterocycles. The van der Waals surface area contributed by atoms with Crippen LogP contribution in [0.15, 0.2) is 24.3 Å². The smallest absolute Gasteiger partial charge is 0.223 e. The molecule has 128 valence electrons. The molecule has 1 amide bonds. The quantitative estimate of drug-likeness (QED) is 0.847. The Balaban J connectivity index is 1.92. The van der Waals surface area contributed by atoms with E-state index in [9.17, 15) is 9.90 Å². The van der Waals surface area contributed by atoms with Gasteiger partial charge in [0.1, 0.15) is 0 Å². The number of aliphatic hydroxyl groups excluding tert-OH is 1. The normalized spacial score (nSPS) is 21.4. The van der Waals surface area contributed by atoms with Gasteiger partial charge in [0, 0.05) is 0 Å². The molecule has 0 radical (unpaired) electrons. The van der Waals surface area contributed by atoms with Gasteiger partial charge < -0.3 is 15.2 Å². The summed E-state index contributed by atoms with van der Waals surface area (Å²) in [6, 6.07) is 7.70. The van der Waals surface area contributed by atoms with Gasteiger partial charge in [0.05, 0.1) is 31.8 Å². The Labute approximate surface area is 139 Å². The lowest BCUT2D eigenvalue weighted by molar-refractivity contribution is -0.124. The molecule has 1 aromatic carbocycles. The minimum atomic E-state index is -0.363. The summed E-state index contributed by atoms with van der Waals surface area (Å²) >= 11 is 0. The van der Waals surface area contributed by atoms with Crippen molar-refractivity contribution >= 4 is 5.91 Å². The molecule has 1 aliphatic heterocycles. The topological polar surface area (TPSA) is 58.6 Å². The summed E-state index contributed by atoms with van der Waals surface area (Å²) in [5, 5.41) is 12.5. The zero-order valence-corrected chi connectivity index (χ0v) is 14.6. The van der Waals surface area contributed by atoms with Crippen LogP contribution in [-0.2, 0) is 9.53 Å². The summed E-state index contributed by atoms with van der Waals surface area (Å²) in [5.41, 5.74) is 2.32. The molecule has 1 fully saturated rings. The minimum Gasteiger partial charge on any atom is -0.394 e. The molecule has 2 rings (SSSR count). The van der Waals surface area contributed by atoms with Crippen LogP contribution in [0.1, 0.15) is 63.6 Å². The third kappa shape index (κ3) is 5.05. The number of aliphatic hydroxyl groups is 1. The molecule has 0 aliphatic carbocycles. The number of hydrogen-bond acceptors (Lipinski definition) is 3. The number of carbonyl (C=O) groups is 1. The van der Waals surface area contributed by atoms with Crippen molar-refractivity contribution in [2.75, 3.05) is 13.2 Å². The van der Waals surface area contributed by atoms with Gasteiger partial charge >= 0.3 is 0 Å². The van der Waals surface area contributed by atoms with Gasteiger partial charge in [-0.1, -0.05) is 52.0 Å². The number of amides is 1. The van der Waals surface area contributed by atoms with Gasteiger partial charge in [0.15, 0.2) is 0 Å². The van der Waals surface area contributed by atoms with Gasteiger partial charge in [-0.05, 0) is 28.9 Å². The van der Waals surface area contributed by atoms with Crippen LogP contribution in [0.2, 0.25) is 0 Å². The predicted molar refractivity (Wildman–Crippen MR) is 91.3 cm³/mol. The second-order valence-corrected chi connectivity index (χ2v) is 7.63. The summed E-state index contributed by atoms with van der Waals surface area (Å²) in [6.45, 7) is 9.18. The number of rotatable bonds is 6. The van der Waals surface area contributed by atoms with Crippen molar-refractivity contribution in [3.63, 3.8) is 0 Å². The van der Waals surface area contributed by atoms with Crippen LogP contribution >= 0.6 is 0 Å². The Kier molecular flexibility index (Phi) is 5.82. The number of carbonyl (C=O) groups excluding carboxylic acids is 1. The van der Waals surface area contributed by atoms with E-state index in [1.807, 2.05) is 12.1 Å². The highest BCUT2D eigenvalue weighted by Gasteiger charge is 2.33. The van der Waals surface area contributed by atoms with Crippen molar-refractivity contribution in [3.8, 4) is 0 Å². The van der Waals surface area contributed by atoms with Crippen molar-refractivity contribution in [3.05, 3.63) is 35.4 Å². The first-order chi connectivity index (χ1) is 10.8. The van der Waals surface area contributed by atoms with E-state index < -0.39 is 0 Å². The molecular formula is C19H29NO3. The van der Waals surface area contributed by atoms with Crippen LogP contribution in [0.3, 0.4) is 0 Å². The molecule has 23 heavy (non-hydrogen) atoms. The van der Waals surface area contributed by atoms with Gasteiger partial charge in [0.25, 0.3) is 0 Å². The summed E-state index contributed by atoms with van der Waals surface area (Å²) in [6.07, 6.45) is 1.23. The first-order valence-corrected chi connectivity index (χ1v) is 8.42. The Bertz CT molecular complexity index is 522. The van der Waals surface area contributed by atoms with E-state index in [1.165, 1.54) is 5.56 Å². The third-order valence-electron chi connectivity index (χ3n) is 4.43. The lowest BCUT2D eigenvalue weighted by Crippen LogP contribution is -2.33. The molecular weight excluding hydrogens is 290 g/mol. The maximum atomic E-state index is 12.2. The first kappa shape index (κ1) is 18.0. The van der Waals surface area contributed by atoms with Crippen molar-refractivity contribution in [2.24, 2.45) is 5.41 Å². The molecule has 0 saturated carbocycles. The second-order valence-electron chi connectivity index (χ2n) is 7.63. The number of benzene rings is 1. The Morgan fingerprint density at radius 1 is 1.30 bits per heavy atom. The predicted octanol–water partition coefficient (Wildman–Crippen LogP) is 3.16. The van der Waals surface area contributed by atoms with Gasteiger partial charge in [-0.3, -0.25) is 4.79 Å². The summed E-state index contributed by atoms with van der Waals surface area (Å²) < 4.78 is 5.68. The van der Waals surface area contributed by atoms with E-state index in [-0.39, 0.29) is 30.1 Å². The first-order valence-electron chi connectivity index (χ1n) is 8.42. The average Bonchev–Trinajstić information content (AvgIpc) is 2.83. The van der Waals surface area contributed by atoms with Crippen LogP contribution in [0.4, 0.5) is 0 Å². The van der Waals surface area contributed by atoms with Crippen LogP contribution < -0.4 is 5.32 Å². The zero-order valence-electron chi connectivity index (χ0n) is 14.6. The lowest BCUT2D eigenvalue weighted by atomic mass is 9.90. The molecule has 0 aromatic heterocycles. The van der Waals surface area contributed by atoms with E-state index >= 15 is 0 Å². The van der Waals surface area contributed by atoms with Gasteiger partial charge in [-0.15, -0.1) is 0 Å². The molecule has 1 aliphatic rings. The van der Waals surface area contributed by atoms with Gasteiger partial charge in [-0.25, -0.2) is 0 Å². The SMILES string of the molecule is CC(C)c1ccc(C(CO)NC(=O)CC2CC(C)(C)CO2)cc1. The van der Waals surface area contributed by atoms with Crippen LogP contribution in [-0.4, -0.2) is 30.3 Å². The van der Waals surface area contributed by atoms with Crippen LogP contribution in [0, 0.1) is 5.41 Å². The maximum absolute atomic E-state index is 12.2. The fourth-order valence-corrected chi connectivity index (χ4v) is 3.02. The second kappa shape index (κ2) is 7.45. The van der Waals surface area contributed by atoms with Crippen molar-refractivity contribution in [1.82, 2.24) is 5.32 Å². The summed E-state index contributed by atoms with van der Waals surface area (Å²) in [7, 11) is 0. The average molecular weight is 319 g/mol. The number of nitrogens with one attached hydrogen (secondary N) is 1. The highest BCUT2D eigenvalue weighted by Crippen LogP contribution is 2.32. The van der Waals surface area contributed by atoms with Crippen LogP contribution in [0.5, 0.6) is 0 Å². The lowest BCUT2D eigenvalue weighted by Gasteiger charge is -2.19. The monoisotopic (exact) mass is 319 g/mol. The summed E-state index contributed by atoms with van der Waals surface area (Å²) in [5.74, 6) is 0.397. The molecule has 2 atom stereocenters. The molecule has 1 saturated heterocycles. The molecule has 0 bridgehead atoms. The largest absolute Gasteiger partial charge is 0.394 e. The van der Waals surface area contributed by atoms with Gasteiger partial charge in [-0.2, -0.15) is 0 Å². The Hall–Kier alpha value is -1.39. The number of hydrogen-bond donors (Lipinski definition) is 2. The van der Waals surface area contributed by atoms with E-state index in [0.717, 1.165) is 12.0 Å². The Morgan fingerprint density at radius 2 is 1.91 bits per heavy atom. The third-order valence-corrected chi connectivity index (χ3v) is 4.43. The Morgan fingerprint density at radius 3 is 2.39 bits per heavy atom. The van der Waals surface area contributed by atoms with Crippen molar-refractivity contribution < 1.29 is 14.6 Å². The van der Waals surface area contributed by atoms with E-state index in [4.69, 9.17) is 4.74 Å². The number of ether oxygens (including phenoxy) is 1.